The van der Waals surface area contributed by atoms with Crippen LogP contribution in [0.15, 0.2) is 24.3 Å². The lowest BCUT2D eigenvalue weighted by Crippen LogP contribution is -2.39. The molecule has 0 aromatic heterocycles. The van der Waals surface area contributed by atoms with Gasteiger partial charge < -0.3 is 15.3 Å². The zero-order valence-corrected chi connectivity index (χ0v) is 11.4. The van der Waals surface area contributed by atoms with E-state index in [1.54, 1.807) is 0 Å². The zero-order chi connectivity index (χ0) is 13.0. The molecule has 1 aliphatic carbocycles. The number of likely N-dealkylation sites (N-methyl/N-ethyl adjacent to an activating group) is 1. The van der Waals surface area contributed by atoms with E-state index in [2.05, 4.69) is 41.5 Å². The molecule has 0 unspecified atom stereocenters. The van der Waals surface area contributed by atoms with Gasteiger partial charge in [-0.1, -0.05) is 25.0 Å². The molecule has 1 fully saturated rings. The van der Waals surface area contributed by atoms with E-state index in [0.717, 1.165) is 38.8 Å². The Morgan fingerprint density at radius 2 is 1.83 bits per heavy atom. The molecule has 100 valence electrons. The van der Waals surface area contributed by atoms with Crippen LogP contribution in [-0.4, -0.2) is 31.3 Å². The van der Waals surface area contributed by atoms with Gasteiger partial charge in [-0.2, -0.15) is 0 Å². The van der Waals surface area contributed by atoms with Gasteiger partial charge in [-0.05, 0) is 37.6 Å². The minimum absolute atomic E-state index is 0.474. The maximum Gasteiger partial charge on any atom is 0.0821 e. The van der Waals surface area contributed by atoms with E-state index < -0.39 is 5.60 Å². The van der Waals surface area contributed by atoms with E-state index >= 15 is 0 Å². The molecule has 0 saturated heterocycles. The van der Waals surface area contributed by atoms with Gasteiger partial charge in [-0.15, -0.1) is 0 Å². The minimum atomic E-state index is -0.474. The molecule has 3 nitrogen and oxygen atoms in total. The molecule has 1 aromatic rings. The van der Waals surface area contributed by atoms with Gasteiger partial charge in [0.05, 0.1) is 5.60 Å². The molecule has 1 aliphatic rings. The summed E-state index contributed by atoms with van der Waals surface area (Å²) in [6.45, 7) is 1.63. The van der Waals surface area contributed by atoms with Crippen molar-refractivity contribution in [1.82, 2.24) is 5.32 Å². The maximum atomic E-state index is 10.4. The summed E-state index contributed by atoms with van der Waals surface area (Å²) < 4.78 is 0. The molecule has 0 radical (unpaired) electrons. The van der Waals surface area contributed by atoms with Crippen molar-refractivity contribution in [3.63, 3.8) is 0 Å². The SMILES string of the molecule is CNCc1ccc(N(C)CC2(O)CCCC2)cc1. The van der Waals surface area contributed by atoms with E-state index in [-0.39, 0.29) is 0 Å². The van der Waals surface area contributed by atoms with Crippen molar-refractivity contribution in [2.45, 2.75) is 37.8 Å². The van der Waals surface area contributed by atoms with Gasteiger partial charge >= 0.3 is 0 Å². The van der Waals surface area contributed by atoms with Crippen molar-refractivity contribution in [1.29, 1.82) is 0 Å². The third-order valence-corrected chi connectivity index (χ3v) is 3.82. The van der Waals surface area contributed by atoms with Crippen LogP contribution in [0.1, 0.15) is 31.2 Å². The first-order chi connectivity index (χ1) is 8.63. The molecule has 0 amide bonds. The van der Waals surface area contributed by atoms with Crippen molar-refractivity contribution in [3.8, 4) is 0 Å². The highest BCUT2D eigenvalue weighted by Crippen LogP contribution is 2.31. The predicted molar refractivity (Wildman–Crippen MR) is 75.9 cm³/mol. The van der Waals surface area contributed by atoms with Crippen molar-refractivity contribution in [2.75, 3.05) is 25.5 Å². The average molecular weight is 248 g/mol. The van der Waals surface area contributed by atoms with E-state index in [1.165, 1.54) is 11.3 Å². The van der Waals surface area contributed by atoms with Crippen LogP contribution in [0, 0.1) is 0 Å². The van der Waals surface area contributed by atoms with Gasteiger partial charge in [0.15, 0.2) is 0 Å². The number of anilines is 1. The molecule has 0 aliphatic heterocycles. The largest absolute Gasteiger partial charge is 0.388 e. The Kier molecular flexibility index (Phi) is 4.25. The summed E-state index contributed by atoms with van der Waals surface area (Å²) in [4.78, 5) is 2.16. The highest BCUT2D eigenvalue weighted by Gasteiger charge is 2.32. The molecule has 0 spiro atoms. The summed E-state index contributed by atoms with van der Waals surface area (Å²) in [6, 6.07) is 8.54. The molecule has 2 N–H and O–H groups in total. The molecule has 0 bridgehead atoms. The van der Waals surface area contributed by atoms with Gasteiger partial charge in [-0.25, -0.2) is 0 Å². The van der Waals surface area contributed by atoms with Gasteiger partial charge in [-0.3, -0.25) is 0 Å². The number of aliphatic hydroxyl groups is 1. The van der Waals surface area contributed by atoms with Crippen molar-refractivity contribution < 1.29 is 5.11 Å². The molecule has 3 heteroatoms. The summed E-state index contributed by atoms with van der Waals surface area (Å²) in [5.41, 5.74) is 1.99. The molecular weight excluding hydrogens is 224 g/mol. The highest BCUT2D eigenvalue weighted by molar-refractivity contribution is 5.47. The molecule has 0 atom stereocenters. The van der Waals surface area contributed by atoms with Crippen LogP contribution >= 0.6 is 0 Å². The number of nitrogens with one attached hydrogen (secondary N) is 1. The summed E-state index contributed by atoms with van der Waals surface area (Å²) >= 11 is 0. The van der Waals surface area contributed by atoms with Crippen LogP contribution < -0.4 is 10.2 Å². The van der Waals surface area contributed by atoms with E-state index in [0.29, 0.717) is 0 Å². The smallest absolute Gasteiger partial charge is 0.0821 e. The summed E-state index contributed by atoms with van der Waals surface area (Å²) in [6.07, 6.45) is 4.20. The first-order valence-corrected chi connectivity index (χ1v) is 6.80. The maximum absolute atomic E-state index is 10.4. The Balaban J connectivity index is 1.97. The summed E-state index contributed by atoms with van der Waals surface area (Å²) in [5.74, 6) is 0. The molecule has 0 heterocycles. The van der Waals surface area contributed by atoms with Crippen LogP contribution in [-0.2, 0) is 6.54 Å². The van der Waals surface area contributed by atoms with Gasteiger partial charge in [0.25, 0.3) is 0 Å². The normalized spacial score (nSPS) is 17.9. The average Bonchev–Trinajstić information content (AvgIpc) is 2.77. The van der Waals surface area contributed by atoms with Crippen LogP contribution in [0.2, 0.25) is 0 Å². The Morgan fingerprint density at radius 3 is 2.39 bits per heavy atom. The first kappa shape index (κ1) is 13.4. The standard InChI is InChI=1S/C15H24N2O/c1-16-11-13-5-7-14(8-6-13)17(2)12-15(18)9-3-4-10-15/h5-8,16,18H,3-4,9-12H2,1-2H3. The number of nitrogens with zero attached hydrogens (tertiary/aromatic N) is 1. The Morgan fingerprint density at radius 1 is 1.22 bits per heavy atom. The molecule has 1 aromatic carbocycles. The molecule has 18 heavy (non-hydrogen) atoms. The number of benzene rings is 1. The summed E-state index contributed by atoms with van der Waals surface area (Å²) in [7, 11) is 4.01. The van der Waals surface area contributed by atoms with E-state index in [1.807, 2.05) is 7.05 Å². The van der Waals surface area contributed by atoms with Crippen molar-refractivity contribution in [3.05, 3.63) is 29.8 Å². The molecular formula is C15H24N2O. The number of hydrogen-bond acceptors (Lipinski definition) is 3. The van der Waals surface area contributed by atoms with Crippen LogP contribution in [0.25, 0.3) is 0 Å². The van der Waals surface area contributed by atoms with Gasteiger partial charge in [0.2, 0.25) is 0 Å². The topological polar surface area (TPSA) is 35.5 Å². The van der Waals surface area contributed by atoms with Crippen LogP contribution in [0.5, 0.6) is 0 Å². The minimum Gasteiger partial charge on any atom is -0.388 e. The third-order valence-electron chi connectivity index (χ3n) is 3.82. The van der Waals surface area contributed by atoms with Crippen molar-refractivity contribution >= 4 is 5.69 Å². The van der Waals surface area contributed by atoms with Crippen LogP contribution in [0.4, 0.5) is 5.69 Å². The Hall–Kier alpha value is -1.06. The Bertz CT molecular complexity index is 369. The lowest BCUT2D eigenvalue weighted by Gasteiger charge is -2.30. The number of rotatable bonds is 5. The lowest BCUT2D eigenvalue weighted by atomic mass is 10.0. The predicted octanol–water partition coefficient (Wildman–Crippen LogP) is 2.15. The zero-order valence-electron chi connectivity index (χ0n) is 11.4. The van der Waals surface area contributed by atoms with Gasteiger partial charge in [0.1, 0.15) is 0 Å². The number of hydrogen-bond donors (Lipinski definition) is 2. The Labute approximate surface area is 110 Å². The molecule has 1 saturated carbocycles. The lowest BCUT2D eigenvalue weighted by molar-refractivity contribution is 0.0559. The second kappa shape index (κ2) is 5.72. The van der Waals surface area contributed by atoms with Gasteiger partial charge in [0, 0.05) is 25.8 Å². The second-order valence-electron chi connectivity index (χ2n) is 5.48. The second-order valence-corrected chi connectivity index (χ2v) is 5.48. The summed E-state index contributed by atoms with van der Waals surface area (Å²) in [5, 5.41) is 13.6. The van der Waals surface area contributed by atoms with Crippen LogP contribution in [0.3, 0.4) is 0 Å². The van der Waals surface area contributed by atoms with E-state index in [4.69, 9.17) is 0 Å². The monoisotopic (exact) mass is 248 g/mol. The fourth-order valence-corrected chi connectivity index (χ4v) is 2.80. The first-order valence-electron chi connectivity index (χ1n) is 6.80. The van der Waals surface area contributed by atoms with Crippen molar-refractivity contribution in [2.24, 2.45) is 0 Å². The van der Waals surface area contributed by atoms with E-state index in [9.17, 15) is 5.11 Å². The highest BCUT2D eigenvalue weighted by atomic mass is 16.3. The quantitative estimate of drug-likeness (QED) is 0.838. The fraction of sp³-hybridized carbons (Fsp3) is 0.600. The fourth-order valence-electron chi connectivity index (χ4n) is 2.80. The molecule has 2 rings (SSSR count). The third kappa shape index (κ3) is 3.24.